The number of nitrogens with zero attached hydrogens (tertiary/aromatic N) is 4. The van der Waals surface area contributed by atoms with Crippen LogP contribution in [0.1, 0.15) is 68.6 Å². The Morgan fingerprint density at radius 1 is 0.836 bits per heavy atom. The van der Waals surface area contributed by atoms with E-state index < -0.39 is 19.8 Å². The van der Waals surface area contributed by atoms with Crippen molar-refractivity contribution >= 4 is 54.0 Å². The molecular weight excluding hydrogens is 785 g/mol. The minimum atomic E-state index is -2.61. The molecule has 4 aromatic carbocycles. The highest BCUT2D eigenvalue weighted by molar-refractivity contribution is 6.91. The number of methoxy groups -OCH3 is 1. The molecule has 0 radical (unpaired) electrons. The summed E-state index contributed by atoms with van der Waals surface area (Å²) in [6, 6.07) is 31.7. The van der Waals surface area contributed by atoms with Crippen LogP contribution in [0.3, 0.4) is 0 Å². The van der Waals surface area contributed by atoms with Gasteiger partial charge in [-0.1, -0.05) is 79.8 Å². The normalized spacial score (nSPS) is 22.9. The predicted octanol–water partition coefficient (Wildman–Crippen LogP) is 6.90. The van der Waals surface area contributed by atoms with Gasteiger partial charge in [-0.05, 0) is 84.8 Å². The van der Waals surface area contributed by atoms with Gasteiger partial charge in [0.25, 0.3) is 5.91 Å². The van der Waals surface area contributed by atoms with Crippen LogP contribution in [0.4, 0.5) is 17.1 Å². The summed E-state index contributed by atoms with van der Waals surface area (Å²) < 4.78 is 12.9. The van der Waals surface area contributed by atoms with Crippen LogP contribution in [0, 0.1) is 5.92 Å². The molecule has 4 atom stereocenters. The highest BCUT2D eigenvalue weighted by atomic mass is 28.3. The summed E-state index contributed by atoms with van der Waals surface area (Å²) in [6.45, 7) is 8.51. The van der Waals surface area contributed by atoms with Gasteiger partial charge in [-0.15, -0.1) is 0 Å². The number of rotatable bonds is 13. The van der Waals surface area contributed by atoms with Gasteiger partial charge in [0.05, 0.1) is 46.5 Å². The number of ether oxygens (including phenoxy) is 2. The molecule has 4 aliphatic rings. The van der Waals surface area contributed by atoms with Gasteiger partial charge in [-0.2, -0.15) is 0 Å². The molecule has 0 aliphatic carbocycles. The average Bonchev–Trinajstić information content (AvgIpc) is 3.69. The summed E-state index contributed by atoms with van der Waals surface area (Å²) in [5.41, 5.74) is 3.14. The van der Waals surface area contributed by atoms with Crippen molar-refractivity contribution in [3.8, 4) is 5.75 Å². The lowest BCUT2D eigenvalue weighted by Gasteiger charge is -2.37. The van der Waals surface area contributed by atoms with E-state index in [-0.39, 0.29) is 61.2 Å². The van der Waals surface area contributed by atoms with Crippen molar-refractivity contribution in [3.63, 3.8) is 0 Å². The zero-order chi connectivity index (χ0) is 42.9. The summed E-state index contributed by atoms with van der Waals surface area (Å²) in [5.74, 6) is 0.174. The number of carbonyl (C=O) groups excluding carboxylic acids is 4. The van der Waals surface area contributed by atoms with E-state index in [1.807, 2.05) is 94.7 Å². The molecule has 0 bridgehead atoms. The number of anilines is 3. The first-order valence-corrected chi connectivity index (χ1v) is 24.9. The Balaban J connectivity index is 1.22. The quantitative estimate of drug-likeness (QED) is 0.146. The summed E-state index contributed by atoms with van der Waals surface area (Å²) in [6.07, 6.45) is 3.94. The zero-order valence-electron chi connectivity index (χ0n) is 35.8. The van der Waals surface area contributed by atoms with E-state index in [1.54, 1.807) is 16.9 Å². The summed E-state index contributed by atoms with van der Waals surface area (Å²) in [7, 11) is -0.960. The van der Waals surface area contributed by atoms with Crippen molar-refractivity contribution in [2.75, 3.05) is 48.1 Å². The van der Waals surface area contributed by atoms with Crippen LogP contribution >= 0.6 is 0 Å². The molecule has 4 amide bonds. The molecular formula is C49H58N4O7Si. The van der Waals surface area contributed by atoms with E-state index in [9.17, 15) is 19.5 Å². The van der Waals surface area contributed by atoms with Crippen LogP contribution in [-0.4, -0.2) is 81.2 Å². The summed E-state index contributed by atoms with van der Waals surface area (Å²) in [4.78, 5) is 63.8. The number of amides is 4. The maximum absolute atomic E-state index is 15.7. The predicted molar refractivity (Wildman–Crippen MR) is 240 cm³/mol. The molecule has 1 N–H and O–H groups in total. The fourth-order valence-electron chi connectivity index (χ4n) is 10.5. The second-order valence-corrected chi connectivity index (χ2v) is 22.3. The molecule has 320 valence electrons. The van der Waals surface area contributed by atoms with E-state index in [0.717, 1.165) is 59.1 Å². The molecule has 0 saturated carbocycles. The lowest BCUT2D eigenvalue weighted by molar-refractivity contribution is -0.150. The highest BCUT2D eigenvalue weighted by Gasteiger charge is 2.66. The lowest BCUT2D eigenvalue weighted by Crippen LogP contribution is -2.52. The Labute approximate surface area is 360 Å². The first kappa shape index (κ1) is 42.4. The van der Waals surface area contributed by atoms with Gasteiger partial charge < -0.3 is 34.2 Å². The van der Waals surface area contributed by atoms with Gasteiger partial charge in [0, 0.05) is 61.9 Å². The SMILES string of the molecule is COc1ccc([Si](C)(C)[C@H]2[C@H](CC(=O)N(CCO)Cc3ccccc3)O[C@@]3(C(=O)N(Cc4cccc(N5CCCCC5=O)c4)c4ccc(N5CCCCC5=O)cc43)[C@@H]2C)cc1. The van der Waals surface area contributed by atoms with Gasteiger partial charge in [0.1, 0.15) is 5.75 Å². The van der Waals surface area contributed by atoms with Gasteiger partial charge in [-0.3, -0.25) is 19.2 Å². The van der Waals surface area contributed by atoms with Crippen LogP contribution in [-0.2, 0) is 42.6 Å². The third-order valence-corrected chi connectivity index (χ3v) is 18.0. The summed E-state index contributed by atoms with van der Waals surface area (Å²) in [5, 5.41) is 11.3. The van der Waals surface area contributed by atoms with Gasteiger partial charge >= 0.3 is 0 Å². The van der Waals surface area contributed by atoms with Crippen molar-refractivity contribution in [2.24, 2.45) is 5.92 Å². The number of fused-ring (bicyclic) bond motifs is 2. The van der Waals surface area contributed by atoms with E-state index in [4.69, 9.17) is 9.47 Å². The van der Waals surface area contributed by atoms with Gasteiger partial charge in [0.2, 0.25) is 17.7 Å². The van der Waals surface area contributed by atoms with E-state index in [1.165, 1.54) is 0 Å². The Morgan fingerprint density at radius 2 is 1.49 bits per heavy atom. The largest absolute Gasteiger partial charge is 0.497 e. The molecule has 4 aliphatic heterocycles. The molecule has 4 heterocycles. The molecule has 3 saturated heterocycles. The molecule has 61 heavy (non-hydrogen) atoms. The Hall–Kier alpha value is -5.30. The molecule has 3 fully saturated rings. The van der Waals surface area contributed by atoms with Gasteiger partial charge in [-0.25, -0.2) is 0 Å². The van der Waals surface area contributed by atoms with Crippen LogP contribution in [0.2, 0.25) is 18.6 Å². The molecule has 1 spiro atoms. The standard InChI is InChI=1S/C49H58N4O7Si/c1-34-47(61(3,4)40-22-20-39(59-2)21-23-40)43(31-46(57)50(27-28-54)32-35-13-6-5-7-14-35)60-49(34)41-30-38(52-26-11-9-18-45(52)56)19-24-42(41)53(48(49)58)33-36-15-12-16-37(29-36)51-25-10-8-17-44(51)55/h5-7,12-16,19-24,29-30,34,43,47,54H,8-11,17-18,25-28,31-33H2,1-4H3/t34-,43+,47-,49+/m1/s1. The monoisotopic (exact) mass is 842 g/mol. The van der Waals surface area contributed by atoms with E-state index >= 15 is 4.79 Å². The smallest absolute Gasteiger partial charge is 0.264 e. The van der Waals surface area contributed by atoms with Crippen LogP contribution < -0.4 is 24.6 Å². The molecule has 0 aromatic heterocycles. The average molecular weight is 843 g/mol. The molecule has 8 rings (SSSR count). The molecule has 11 nitrogen and oxygen atoms in total. The van der Waals surface area contributed by atoms with Crippen molar-refractivity contribution in [1.29, 1.82) is 0 Å². The topological polar surface area (TPSA) is 120 Å². The second-order valence-electron chi connectivity index (χ2n) is 17.7. The number of carbonyl (C=O) groups is 4. The number of aliphatic hydroxyl groups is 1. The Morgan fingerprint density at radius 3 is 2.13 bits per heavy atom. The molecule has 12 heteroatoms. The maximum atomic E-state index is 15.7. The first-order chi connectivity index (χ1) is 29.5. The van der Waals surface area contributed by atoms with Crippen molar-refractivity contribution < 1.29 is 33.8 Å². The second kappa shape index (κ2) is 17.6. The number of piperidine rings is 2. The van der Waals surface area contributed by atoms with Crippen LogP contribution in [0.5, 0.6) is 5.75 Å². The molecule has 0 unspecified atom stereocenters. The fourth-order valence-corrected chi connectivity index (χ4v) is 14.5. The number of aliphatic hydroxyl groups excluding tert-OH is 1. The van der Waals surface area contributed by atoms with Gasteiger partial charge in [0.15, 0.2) is 5.60 Å². The lowest BCUT2D eigenvalue weighted by atomic mass is 9.82. The third-order valence-electron chi connectivity index (χ3n) is 13.7. The minimum Gasteiger partial charge on any atom is -0.497 e. The van der Waals surface area contributed by atoms with Crippen LogP contribution in [0.15, 0.2) is 97.1 Å². The van der Waals surface area contributed by atoms with Crippen molar-refractivity contribution in [1.82, 2.24) is 4.90 Å². The Bertz CT molecular complexity index is 2270. The maximum Gasteiger partial charge on any atom is 0.264 e. The number of hydrogen-bond acceptors (Lipinski definition) is 7. The summed E-state index contributed by atoms with van der Waals surface area (Å²) >= 11 is 0. The van der Waals surface area contributed by atoms with Crippen molar-refractivity contribution in [2.45, 2.75) is 95.3 Å². The minimum absolute atomic E-state index is 0.0228. The highest BCUT2D eigenvalue weighted by Crippen LogP contribution is 2.60. The van der Waals surface area contributed by atoms with Crippen LogP contribution in [0.25, 0.3) is 0 Å². The van der Waals surface area contributed by atoms with E-state index in [2.05, 4.69) is 32.2 Å². The third kappa shape index (κ3) is 8.01. The Kier molecular flexibility index (Phi) is 12.2. The number of hydrogen-bond donors (Lipinski definition) is 1. The van der Waals surface area contributed by atoms with E-state index in [0.29, 0.717) is 43.7 Å². The first-order valence-electron chi connectivity index (χ1n) is 21.9. The van der Waals surface area contributed by atoms with Crippen molar-refractivity contribution in [3.05, 3.63) is 114 Å². The molecule has 4 aromatic rings. The number of benzene rings is 4. The fraction of sp³-hybridized carbons (Fsp3) is 0.429. The zero-order valence-corrected chi connectivity index (χ0v) is 36.8.